The number of benzene rings is 1. The number of rotatable bonds is 2. The van der Waals surface area contributed by atoms with Gasteiger partial charge >= 0.3 is 5.69 Å². The molecule has 0 unspecified atom stereocenters. The van der Waals surface area contributed by atoms with Crippen molar-refractivity contribution >= 4 is 34.8 Å². The van der Waals surface area contributed by atoms with Crippen LogP contribution in [0.3, 0.4) is 0 Å². The Bertz CT molecular complexity index is 708. The molecule has 0 atom stereocenters. The Morgan fingerprint density at radius 1 is 1.17 bits per heavy atom. The maximum absolute atomic E-state index is 11.5. The highest BCUT2D eigenvalue weighted by atomic mass is 35.5. The fraction of sp³-hybridized carbons (Fsp3) is 0.100. The molecule has 0 amide bonds. The third kappa shape index (κ3) is 2.58. The van der Waals surface area contributed by atoms with Gasteiger partial charge in [0, 0.05) is 10.6 Å². The molecule has 1 aromatic heterocycles. The van der Waals surface area contributed by atoms with E-state index in [2.05, 4.69) is 10.1 Å². The van der Waals surface area contributed by atoms with Gasteiger partial charge in [0.05, 0.1) is 16.6 Å². The maximum atomic E-state index is 11.5. The molecule has 0 saturated carbocycles. The zero-order valence-electron chi connectivity index (χ0n) is 8.78. The van der Waals surface area contributed by atoms with Gasteiger partial charge in [-0.2, -0.15) is 5.10 Å². The number of H-pyrrole nitrogens is 1. The van der Waals surface area contributed by atoms with Crippen molar-refractivity contribution in [2.24, 2.45) is 0 Å². The van der Waals surface area contributed by atoms with Crippen LogP contribution in [0.25, 0.3) is 0 Å². The molecule has 0 bridgehead atoms. The Morgan fingerprint density at radius 3 is 2.50 bits per heavy atom. The maximum Gasteiger partial charge on any atom is 0.345 e. The van der Waals surface area contributed by atoms with Crippen LogP contribution < -0.4 is 11.2 Å². The number of halogens is 3. The highest BCUT2D eigenvalue weighted by Gasteiger charge is 2.11. The van der Waals surface area contributed by atoms with Gasteiger partial charge in [-0.05, 0) is 12.1 Å². The molecule has 0 aliphatic heterocycles. The number of nitrogens with one attached hydrogen (secondary N) is 1. The minimum Gasteiger partial charge on any atom is -0.271 e. The topological polar surface area (TPSA) is 67.8 Å². The average Bonchev–Trinajstić information content (AvgIpc) is 2.32. The molecule has 0 radical (unpaired) electrons. The summed E-state index contributed by atoms with van der Waals surface area (Å²) in [6, 6.07) is 3.13. The molecule has 0 aliphatic rings. The highest BCUT2D eigenvalue weighted by molar-refractivity contribution is 6.44. The summed E-state index contributed by atoms with van der Waals surface area (Å²) in [6.45, 7) is 0.0217. The number of aromatic nitrogens is 3. The first-order chi connectivity index (χ1) is 8.49. The van der Waals surface area contributed by atoms with E-state index in [9.17, 15) is 9.59 Å². The number of nitrogens with zero attached hydrogens (tertiary/aromatic N) is 2. The Labute approximate surface area is 116 Å². The fourth-order valence-corrected chi connectivity index (χ4v) is 2.02. The summed E-state index contributed by atoms with van der Waals surface area (Å²) in [5, 5.41) is 4.63. The van der Waals surface area contributed by atoms with Gasteiger partial charge in [0.25, 0.3) is 5.56 Å². The molecule has 2 aromatic rings. The first-order valence-electron chi connectivity index (χ1n) is 4.78. The molecular formula is C10H6Cl3N3O2. The lowest BCUT2D eigenvalue weighted by Crippen LogP contribution is -2.31. The molecule has 0 fully saturated rings. The highest BCUT2D eigenvalue weighted by Crippen LogP contribution is 2.31. The lowest BCUT2D eigenvalue weighted by atomic mass is 10.2. The van der Waals surface area contributed by atoms with E-state index in [4.69, 9.17) is 34.8 Å². The standard InChI is InChI=1S/C10H6Cl3N3O2/c11-6-1-2-7(12)9(13)5(6)4-16-10(18)15-8(17)3-14-16/h1-3H,4H2,(H,15,17,18). The van der Waals surface area contributed by atoms with Crippen LogP contribution in [0.15, 0.2) is 27.9 Å². The molecular weight excluding hydrogens is 300 g/mol. The Balaban J connectivity index is 2.49. The molecule has 8 heteroatoms. The second-order valence-corrected chi connectivity index (χ2v) is 4.61. The summed E-state index contributed by atoms with van der Waals surface area (Å²) < 4.78 is 1.03. The molecule has 2 rings (SSSR count). The molecule has 1 heterocycles. The Kier molecular flexibility index (Phi) is 3.75. The largest absolute Gasteiger partial charge is 0.345 e. The zero-order chi connectivity index (χ0) is 13.3. The van der Waals surface area contributed by atoms with E-state index in [1.807, 2.05) is 0 Å². The van der Waals surface area contributed by atoms with Crippen molar-refractivity contribution in [3.05, 3.63) is 59.8 Å². The minimum absolute atomic E-state index is 0.0217. The van der Waals surface area contributed by atoms with E-state index in [1.54, 1.807) is 12.1 Å². The molecule has 0 saturated heterocycles. The van der Waals surface area contributed by atoms with Gasteiger partial charge < -0.3 is 0 Å². The summed E-state index contributed by atoms with van der Waals surface area (Å²) in [7, 11) is 0. The normalized spacial score (nSPS) is 10.6. The van der Waals surface area contributed by atoms with Gasteiger partial charge in [-0.3, -0.25) is 9.78 Å². The van der Waals surface area contributed by atoms with Crippen LogP contribution in [0.2, 0.25) is 15.1 Å². The molecule has 94 valence electrons. The zero-order valence-corrected chi connectivity index (χ0v) is 11.1. The van der Waals surface area contributed by atoms with Crippen molar-refractivity contribution in [1.82, 2.24) is 14.8 Å². The monoisotopic (exact) mass is 305 g/mol. The molecule has 1 aromatic carbocycles. The van der Waals surface area contributed by atoms with Crippen molar-refractivity contribution in [3.63, 3.8) is 0 Å². The predicted octanol–water partition coefficient (Wildman–Crippen LogP) is 1.94. The Morgan fingerprint density at radius 2 is 1.83 bits per heavy atom. The van der Waals surface area contributed by atoms with Gasteiger partial charge in [-0.15, -0.1) is 0 Å². The third-order valence-corrected chi connectivity index (χ3v) is 3.42. The summed E-state index contributed by atoms with van der Waals surface area (Å²) in [4.78, 5) is 24.4. The van der Waals surface area contributed by atoms with E-state index in [-0.39, 0.29) is 11.6 Å². The predicted molar refractivity (Wildman–Crippen MR) is 69.7 cm³/mol. The SMILES string of the molecule is O=c1cnn(Cc2c(Cl)ccc(Cl)c2Cl)c(=O)[nH]1. The van der Waals surface area contributed by atoms with Crippen LogP contribution in [0.5, 0.6) is 0 Å². The van der Waals surface area contributed by atoms with Crippen LogP contribution in [0, 0.1) is 0 Å². The molecule has 0 spiro atoms. The quantitative estimate of drug-likeness (QED) is 0.862. The van der Waals surface area contributed by atoms with Crippen LogP contribution >= 0.6 is 34.8 Å². The first kappa shape index (κ1) is 13.1. The van der Waals surface area contributed by atoms with E-state index < -0.39 is 11.2 Å². The van der Waals surface area contributed by atoms with Crippen LogP contribution in [-0.4, -0.2) is 14.8 Å². The van der Waals surface area contributed by atoms with Gasteiger partial charge in [-0.1, -0.05) is 34.8 Å². The van der Waals surface area contributed by atoms with Gasteiger partial charge in [-0.25, -0.2) is 9.48 Å². The summed E-state index contributed by atoms with van der Waals surface area (Å²) in [5.74, 6) is 0. The van der Waals surface area contributed by atoms with Crippen molar-refractivity contribution in [3.8, 4) is 0 Å². The minimum atomic E-state index is -0.644. The van der Waals surface area contributed by atoms with Crippen molar-refractivity contribution in [2.75, 3.05) is 0 Å². The third-order valence-electron chi connectivity index (χ3n) is 2.23. The van der Waals surface area contributed by atoms with Gasteiger partial charge in [0.1, 0.15) is 6.20 Å². The smallest absolute Gasteiger partial charge is 0.271 e. The van der Waals surface area contributed by atoms with E-state index in [0.29, 0.717) is 15.6 Å². The van der Waals surface area contributed by atoms with E-state index in [1.165, 1.54) is 0 Å². The molecule has 18 heavy (non-hydrogen) atoms. The van der Waals surface area contributed by atoms with Gasteiger partial charge in [0.2, 0.25) is 0 Å². The first-order valence-corrected chi connectivity index (χ1v) is 5.91. The number of hydrogen-bond acceptors (Lipinski definition) is 3. The van der Waals surface area contributed by atoms with E-state index in [0.717, 1.165) is 10.9 Å². The van der Waals surface area contributed by atoms with Gasteiger partial charge in [0.15, 0.2) is 0 Å². The van der Waals surface area contributed by atoms with E-state index >= 15 is 0 Å². The molecule has 0 aliphatic carbocycles. The van der Waals surface area contributed by atoms with Crippen LogP contribution in [0.1, 0.15) is 5.56 Å². The number of hydrogen-bond donors (Lipinski definition) is 1. The molecule has 1 N–H and O–H groups in total. The summed E-state index contributed by atoms with van der Waals surface area (Å²) in [5.41, 5.74) is -0.748. The lowest BCUT2D eigenvalue weighted by Gasteiger charge is -2.08. The lowest BCUT2D eigenvalue weighted by molar-refractivity contribution is 0.607. The molecule has 5 nitrogen and oxygen atoms in total. The second-order valence-electron chi connectivity index (χ2n) is 3.42. The Hall–Kier alpha value is -1.30. The van der Waals surface area contributed by atoms with Crippen LogP contribution in [0.4, 0.5) is 0 Å². The number of aromatic amines is 1. The second kappa shape index (κ2) is 5.14. The summed E-state index contributed by atoms with van der Waals surface area (Å²) in [6.07, 6.45) is 0.994. The average molecular weight is 307 g/mol. The van der Waals surface area contributed by atoms with Crippen molar-refractivity contribution in [1.29, 1.82) is 0 Å². The van der Waals surface area contributed by atoms with Crippen molar-refractivity contribution in [2.45, 2.75) is 6.54 Å². The van der Waals surface area contributed by atoms with Crippen LogP contribution in [-0.2, 0) is 6.54 Å². The summed E-state index contributed by atoms with van der Waals surface area (Å²) >= 11 is 17.8. The van der Waals surface area contributed by atoms with Crippen molar-refractivity contribution < 1.29 is 0 Å². The fourth-order valence-electron chi connectivity index (χ4n) is 1.35.